The first kappa shape index (κ1) is 25.7. The smallest absolute Gasteiger partial charge is 0.242 e. The van der Waals surface area contributed by atoms with Crippen LogP contribution < -0.4 is 10.0 Å². The molecule has 8 nitrogen and oxygen atoms in total. The SMILES string of the molecule is O=C1[C@@H](NS(=O)(=O)/C=C/c2ccc(Cl)s2)CCCN1CC(=O)N1CCC[C@H]1CNc1ccccc1. The summed E-state index contributed by atoms with van der Waals surface area (Å²) in [7, 11) is -3.83. The number of nitrogens with one attached hydrogen (secondary N) is 2. The molecule has 11 heteroatoms. The summed E-state index contributed by atoms with van der Waals surface area (Å²) in [5.74, 6) is -0.465. The average Bonchev–Trinajstić information content (AvgIpc) is 3.48. The summed E-state index contributed by atoms with van der Waals surface area (Å²) in [4.78, 5) is 30.1. The number of hydrogen-bond donors (Lipinski definition) is 2. The van der Waals surface area contributed by atoms with Gasteiger partial charge in [0.15, 0.2) is 0 Å². The molecule has 2 aromatic rings. The minimum atomic E-state index is -3.83. The van der Waals surface area contributed by atoms with E-state index in [1.54, 1.807) is 12.1 Å². The van der Waals surface area contributed by atoms with E-state index in [1.165, 1.54) is 22.3 Å². The second-order valence-electron chi connectivity index (χ2n) is 8.69. The Kier molecular flexibility index (Phi) is 8.48. The minimum Gasteiger partial charge on any atom is -0.383 e. The van der Waals surface area contributed by atoms with Gasteiger partial charge in [0, 0.05) is 41.6 Å². The van der Waals surface area contributed by atoms with E-state index in [0.717, 1.165) is 23.9 Å². The van der Waals surface area contributed by atoms with Crippen LogP contribution in [0.15, 0.2) is 47.9 Å². The number of nitrogens with zero attached hydrogens (tertiary/aromatic N) is 2. The van der Waals surface area contributed by atoms with Crippen molar-refractivity contribution in [1.82, 2.24) is 14.5 Å². The maximum Gasteiger partial charge on any atom is 0.242 e. The molecule has 0 unspecified atom stereocenters. The van der Waals surface area contributed by atoms with Gasteiger partial charge in [0.2, 0.25) is 21.8 Å². The van der Waals surface area contributed by atoms with Gasteiger partial charge in [-0.2, -0.15) is 4.72 Å². The van der Waals surface area contributed by atoms with E-state index < -0.39 is 16.1 Å². The molecule has 1 aromatic carbocycles. The molecule has 2 aliphatic heterocycles. The van der Waals surface area contributed by atoms with Crippen LogP contribution in [0.1, 0.15) is 30.6 Å². The standard InChI is InChI=1S/C24H29ClN4O4S2/c25-22-11-10-20(34-22)12-15-35(32,33)27-21-9-5-13-28(24(21)31)17-23(30)29-14-4-8-19(29)16-26-18-6-2-1-3-7-18/h1-3,6-7,10-12,15,19,21,26-27H,4-5,8-9,13-14,16-17H2/b15-12+/t19-,21-/m0/s1. The average molecular weight is 537 g/mol. The number of benzene rings is 1. The highest BCUT2D eigenvalue weighted by Crippen LogP contribution is 2.23. The van der Waals surface area contributed by atoms with Crippen molar-refractivity contribution < 1.29 is 18.0 Å². The van der Waals surface area contributed by atoms with Crippen molar-refractivity contribution in [1.29, 1.82) is 0 Å². The Morgan fingerprint density at radius 3 is 2.63 bits per heavy atom. The largest absolute Gasteiger partial charge is 0.383 e. The van der Waals surface area contributed by atoms with E-state index in [9.17, 15) is 18.0 Å². The Balaban J connectivity index is 1.32. The Bertz CT molecular complexity index is 1170. The Morgan fingerprint density at radius 2 is 1.89 bits per heavy atom. The highest BCUT2D eigenvalue weighted by Gasteiger charge is 2.35. The quantitative estimate of drug-likeness (QED) is 0.512. The molecule has 4 rings (SSSR count). The third-order valence-electron chi connectivity index (χ3n) is 6.18. The lowest BCUT2D eigenvalue weighted by Gasteiger charge is -2.34. The summed E-state index contributed by atoms with van der Waals surface area (Å²) in [6, 6.07) is 12.4. The monoisotopic (exact) mass is 536 g/mol. The third kappa shape index (κ3) is 7.07. The number of carbonyl (C=O) groups is 2. The summed E-state index contributed by atoms with van der Waals surface area (Å²) in [5.41, 5.74) is 1.00. The van der Waals surface area contributed by atoms with Crippen LogP contribution in [0.3, 0.4) is 0 Å². The number of sulfonamides is 1. The van der Waals surface area contributed by atoms with Crippen molar-refractivity contribution in [2.24, 2.45) is 0 Å². The number of carbonyl (C=O) groups excluding carboxylic acids is 2. The van der Waals surface area contributed by atoms with E-state index >= 15 is 0 Å². The molecule has 0 aliphatic carbocycles. The van der Waals surface area contributed by atoms with Crippen molar-refractivity contribution in [3.8, 4) is 0 Å². The fraction of sp³-hybridized carbons (Fsp3) is 0.417. The van der Waals surface area contributed by atoms with Crippen LogP contribution in [0.5, 0.6) is 0 Å². The molecule has 2 fully saturated rings. The summed E-state index contributed by atoms with van der Waals surface area (Å²) in [5, 5.41) is 4.42. The molecular weight excluding hydrogens is 508 g/mol. The van der Waals surface area contributed by atoms with Crippen LogP contribution in [0.2, 0.25) is 4.34 Å². The number of anilines is 1. The lowest BCUT2D eigenvalue weighted by atomic mass is 10.1. The van der Waals surface area contributed by atoms with Crippen LogP contribution in [0.25, 0.3) is 6.08 Å². The van der Waals surface area contributed by atoms with Crippen LogP contribution in [0.4, 0.5) is 5.69 Å². The van der Waals surface area contributed by atoms with Gasteiger partial charge in [-0.05, 0) is 56.0 Å². The number of likely N-dealkylation sites (tertiary alicyclic amines) is 2. The number of halogens is 1. The molecule has 3 heterocycles. The van der Waals surface area contributed by atoms with E-state index in [1.807, 2.05) is 35.2 Å². The Morgan fingerprint density at radius 1 is 1.11 bits per heavy atom. The normalized spacial score (nSPS) is 21.1. The van der Waals surface area contributed by atoms with Crippen LogP contribution >= 0.6 is 22.9 Å². The number of thiophene rings is 1. The highest BCUT2D eigenvalue weighted by atomic mass is 35.5. The zero-order valence-corrected chi connectivity index (χ0v) is 21.6. The molecule has 2 N–H and O–H groups in total. The van der Waals surface area contributed by atoms with Gasteiger partial charge in [0.05, 0.1) is 10.9 Å². The first-order valence-electron chi connectivity index (χ1n) is 11.6. The predicted octanol–water partition coefficient (Wildman–Crippen LogP) is 3.39. The number of para-hydroxylation sites is 1. The lowest BCUT2D eigenvalue weighted by Crippen LogP contribution is -2.55. The summed E-state index contributed by atoms with van der Waals surface area (Å²) < 4.78 is 28.1. The van der Waals surface area contributed by atoms with E-state index in [-0.39, 0.29) is 24.4 Å². The van der Waals surface area contributed by atoms with Gasteiger partial charge in [0.1, 0.15) is 6.04 Å². The second-order valence-corrected chi connectivity index (χ2v) is 12.0. The van der Waals surface area contributed by atoms with Gasteiger partial charge in [-0.15, -0.1) is 11.3 Å². The van der Waals surface area contributed by atoms with Gasteiger partial charge < -0.3 is 15.1 Å². The molecule has 2 atom stereocenters. The predicted molar refractivity (Wildman–Crippen MR) is 140 cm³/mol. The van der Waals surface area contributed by atoms with Crippen molar-refractivity contribution in [3.05, 3.63) is 57.1 Å². The molecule has 0 bridgehead atoms. The first-order valence-corrected chi connectivity index (χ1v) is 14.4. The van der Waals surface area contributed by atoms with Gasteiger partial charge in [-0.1, -0.05) is 29.8 Å². The maximum atomic E-state index is 13.1. The number of hydrogen-bond acceptors (Lipinski definition) is 6. The molecular formula is C24H29ClN4O4S2. The summed E-state index contributed by atoms with van der Waals surface area (Å²) in [6.45, 7) is 1.71. The molecule has 2 saturated heterocycles. The number of rotatable bonds is 9. The van der Waals surface area contributed by atoms with Crippen molar-refractivity contribution >= 4 is 56.5 Å². The first-order chi connectivity index (χ1) is 16.8. The van der Waals surface area contributed by atoms with Gasteiger partial charge in [-0.25, -0.2) is 8.42 Å². The second kappa shape index (κ2) is 11.6. The minimum absolute atomic E-state index is 0.0393. The fourth-order valence-electron chi connectivity index (χ4n) is 4.44. The molecule has 0 spiro atoms. The fourth-order valence-corrected chi connectivity index (χ4v) is 6.51. The van der Waals surface area contributed by atoms with Crippen LogP contribution in [-0.4, -0.2) is 68.3 Å². The lowest BCUT2D eigenvalue weighted by molar-refractivity contribution is -0.143. The highest BCUT2D eigenvalue weighted by molar-refractivity contribution is 7.92. The topological polar surface area (TPSA) is 98.8 Å². The Hall–Kier alpha value is -2.40. The van der Waals surface area contributed by atoms with Gasteiger partial charge >= 0.3 is 0 Å². The van der Waals surface area contributed by atoms with E-state index in [0.29, 0.717) is 41.7 Å². The van der Waals surface area contributed by atoms with Crippen LogP contribution in [-0.2, 0) is 19.6 Å². The molecule has 0 saturated carbocycles. The van der Waals surface area contributed by atoms with E-state index in [4.69, 9.17) is 11.6 Å². The number of piperidine rings is 1. The summed E-state index contributed by atoms with van der Waals surface area (Å²) in [6.07, 6.45) is 4.30. The molecule has 35 heavy (non-hydrogen) atoms. The molecule has 188 valence electrons. The van der Waals surface area contributed by atoms with Gasteiger partial charge in [0.25, 0.3) is 0 Å². The molecule has 0 radical (unpaired) electrons. The Labute approximate surface area is 215 Å². The zero-order valence-electron chi connectivity index (χ0n) is 19.2. The summed E-state index contributed by atoms with van der Waals surface area (Å²) >= 11 is 7.14. The molecule has 2 aliphatic rings. The van der Waals surface area contributed by atoms with Crippen molar-refractivity contribution in [2.45, 2.75) is 37.8 Å². The molecule has 2 amide bonds. The van der Waals surface area contributed by atoms with Gasteiger partial charge in [-0.3, -0.25) is 9.59 Å². The molecule has 1 aromatic heterocycles. The van der Waals surface area contributed by atoms with E-state index in [2.05, 4.69) is 10.0 Å². The third-order valence-corrected chi connectivity index (χ3v) is 8.49. The van der Waals surface area contributed by atoms with Crippen molar-refractivity contribution in [3.63, 3.8) is 0 Å². The van der Waals surface area contributed by atoms with Crippen molar-refractivity contribution in [2.75, 3.05) is 31.5 Å². The number of amides is 2. The zero-order chi connectivity index (χ0) is 24.8. The maximum absolute atomic E-state index is 13.1. The van der Waals surface area contributed by atoms with Crippen LogP contribution in [0, 0.1) is 0 Å².